The maximum absolute atomic E-state index is 10.6. The van der Waals surface area contributed by atoms with Crippen LogP contribution in [-0.2, 0) is 0 Å². The van der Waals surface area contributed by atoms with Gasteiger partial charge in [0.05, 0.1) is 5.60 Å². The summed E-state index contributed by atoms with van der Waals surface area (Å²) in [4.78, 5) is 0. The first-order valence-corrected chi connectivity index (χ1v) is 6.30. The molecule has 2 aliphatic carbocycles. The van der Waals surface area contributed by atoms with Crippen LogP contribution in [-0.4, -0.2) is 10.7 Å². The molecule has 0 bridgehead atoms. The van der Waals surface area contributed by atoms with E-state index in [1.807, 2.05) is 0 Å². The Bertz CT molecular complexity index is 266. The minimum Gasteiger partial charge on any atom is -0.385 e. The van der Waals surface area contributed by atoms with Crippen LogP contribution in [0.1, 0.15) is 59.3 Å². The molecular weight excluding hydrogens is 184 g/mol. The molecule has 15 heavy (non-hydrogen) atoms. The Balaban J connectivity index is 2.18. The van der Waals surface area contributed by atoms with Gasteiger partial charge in [-0.1, -0.05) is 45.8 Å². The van der Waals surface area contributed by atoms with E-state index in [4.69, 9.17) is 0 Å². The van der Waals surface area contributed by atoms with Crippen molar-refractivity contribution in [2.24, 2.45) is 10.8 Å². The largest absolute Gasteiger partial charge is 0.385 e. The highest BCUT2D eigenvalue weighted by atomic mass is 16.3. The van der Waals surface area contributed by atoms with Gasteiger partial charge in [-0.2, -0.15) is 0 Å². The van der Waals surface area contributed by atoms with Crippen molar-refractivity contribution in [3.63, 3.8) is 0 Å². The van der Waals surface area contributed by atoms with Crippen LogP contribution in [0.5, 0.6) is 0 Å². The SMILES string of the molecule is CC(C)(C)C1(O)C=CC2(CCCC2)CC1. The van der Waals surface area contributed by atoms with Crippen molar-refractivity contribution in [3.8, 4) is 0 Å². The van der Waals surface area contributed by atoms with E-state index in [0.29, 0.717) is 5.41 Å². The Hall–Kier alpha value is -0.300. The normalized spacial score (nSPS) is 34.9. The lowest BCUT2D eigenvalue weighted by Crippen LogP contribution is -2.44. The molecule has 0 heterocycles. The van der Waals surface area contributed by atoms with Crippen LogP contribution in [0, 0.1) is 10.8 Å². The fraction of sp³-hybridized carbons (Fsp3) is 0.857. The van der Waals surface area contributed by atoms with Crippen LogP contribution < -0.4 is 0 Å². The van der Waals surface area contributed by atoms with Crippen LogP contribution in [0.25, 0.3) is 0 Å². The van der Waals surface area contributed by atoms with Crippen molar-refractivity contribution in [1.82, 2.24) is 0 Å². The predicted molar refractivity (Wildman–Crippen MR) is 63.7 cm³/mol. The topological polar surface area (TPSA) is 20.2 Å². The van der Waals surface area contributed by atoms with Crippen LogP contribution in [0.3, 0.4) is 0 Å². The second-order valence-corrected chi connectivity index (χ2v) is 6.58. The minimum absolute atomic E-state index is 0.0380. The molecule has 0 amide bonds. The number of aliphatic hydroxyl groups is 1. The van der Waals surface area contributed by atoms with Gasteiger partial charge in [-0.15, -0.1) is 0 Å². The molecule has 0 aromatic carbocycles. The Morgan fingerprint density at radius 3 is 1.93 bits per heavy atom. The summed E-state index contributed by atoms with van der Waals surface area (Å²) in [6.07, 6.45) is 12.0. The molecule has 0 aromatic heterocycles. The number of hydrogen-bond donors (Lipinski definition) is 1. The predicted octanol–water partition coefficient (Wildman–Crippen LogP) is 3.67. The van der Waals surface area contributed by atoms with Crippen molar-refractivity contribution < 1.29 is 5.11 Å². The number of hydrogen-bond acceptors (Lipinski definition) is 1. The third-order valence-corrected chi connectivity index (χ3v) is 4.61. The first-order chi connectivity index (χ1) is 6.87. The highest BCUT2D eigenvalue weighted by Crippen LogP contribution is 2.50. The minimum atomic E-state index is -0.582. The summed E-state index contributed by atoms with van der Waals surface area (Å²) < 4.78 is 0. The first kappa shape index (κ1) is 11.2. The van der Waals surface area contributed by atoms with E-state index in [-0.39, 0.29) is 5.41 Å². The van der Waals surface area contributed by atoms with Crippen LogP contribution in [0.2, 0.25) is 0 Å². The molecule has 1 saturated carbocycles. The van der Waals surface area contributed by atoms with E-state index in [0.717, 1.165) is 6.42 Å². The lowest BCUT2D eigenvalue weighted by Gasteiger charge is -2.44. The van der Waals surface area contributed by atoms with Gasteiger partial charge >= 0.3 is 0 Å². The van der Waals surface area contributed by atoms with Crippen molar-refractivity contribution >= 4 is 0 Å². The van der Waals surface area contributed by atoms with E-state index in [1.165, 1.54) is 32.1 Å². The highest BCUT2D eigenvalue weighted by molar-refractivity contribution is 5.17. The molecule has 1 heteroatoms. The highest BCUT2D eigenvalue weighted by Gasteiger charge is 2.44. The van der Waals surface area contributed by atoms with Gasteiger partial charge in [0, 0.05) is 0 Å². The van der Waals surface area contributed by atoms with Crippen LogP contribution in [0.4, 0.5) is 0 Å². The fourth-order valence-corrected chi connectivity index (χ4v) is 3.04. The molecule has 0 aliphatic heterocycles. The lowest BCUT2D eigenvalue weighted by atomic mass is 9.65. The summed E-state index contributed by atoms with van der Waals surface area (Å²) in [5.41, 5.74) is -0.165. The Morgan fingerprint density at radius 1 is 0.933 bits per heavy atom. The van der Waals surface area contributed by atoms with Gasteiger partial charge < -0.3 is 5.11 Å². The summed E-state index contributed by atoms with van der Waals surface area (Å²) in [6, 6.07) is 0. The maximum Gasteiger partial charge on any atom is 0.0876 e. The first-order valence-electron chi connectivity index (χ1n) is 6.30. The molecule has 1 spiro atoms. The van der Waals surface area contributed by atoms with Crippen molar-refractivity contribution in [2.75, 3.05) is 0 Å². The third-order valence-electron chi connectivity index (χ3n) is 4.61. The summed E-state index contributed by atoms with van der Waals surface area (Å²) >= 11 is 0. The Labute approximate surface area is 93.6 Å². The van der Waals surface area contributed by atoms with Crippen molar-refractivity contribution in [3.05, 3.63) is 12.2 Å². The molecule has 0 radical (unpaired) electrons. The van der Waals surface area contributed by atoms with E-state index < -0.39 is 5.60 Å². The van der Waals surface area contributed by atoms with Gasteiger partial charge in [0.1, 0.15) is 0 Å². The molecule has 2 rings (SSSR count). The third kappa shape index (κ3) is 1.87. The summed E-state index contributed by atoms with van der Waals surface area (Å²) in [6.45, 7) is 6.39. The summed E-state index contributed by atoms with van der Waals surface area (Å²) in [7, 11) is 0. The zero-order valence-corrected chi connectivity index (χ0v) is 10.3. The molecule has 0 saturated heterocycles. The number of rotatable bonds is 0. The monoisotopic (exact) mass is 208 g/mol. The average molecular weight is 208 g/mol. The molecule has 1 fully saturated rings. The number of allylic oxidation sites excluding steroid dienone is 1. The van der Waals surface area contributed by atoms with Gasteiger partial charge in [-0.25, -0.2) is 0 Å². The summed E-state index contributed by atoms with van der Waals surface area (Å²) in [5, 5.41) is 10.6. The molecule has 1 N–H and O–H groups in total. The Morgan fingerprint density at radius 2 is 1.53 bits per heavy atom. The zero-order valence-electron chi connectivity index (χ0n) is 10.3. The molecule has 86 valence electrons. The molecule has 1 unspecified atom stereocenters. The van der Waals surface area contributed by atoms with Gasteiger partial charge in [0.2, 0.25) is 0 Å². The van der Waals surface area contributed by atoms with Gasteiger partial charge in [0.15, 0.2) is 0 Å². The smallest absolute Gasteiger partial charge is 0.0876 e. The van der Waals surface area contributed by atoms with Crippen LogP contribution >= 0.6 is 0 Å². The second kappa shape index (κ2) is 3.35. The molecule has 0 aromatic rings. The molecular formula is C14H24O. The lowest BCUT2D eigenvalue weighted by molar-refractivity contribution is -0.0358. The maximum atomic E-state index is 10.6. The quantitative estimate of drug-likeness (QED) is 0.602. The standard InChI is InChI=1S/C14H24O/c1-12(2,3)14(15)10-8-13(9-11-14)6-4-5-7-13/h8,10,15H,4-7,9,11H2,1-3H3. The van der Waals surface area contributed by atoms with Gasteiger partial charge in [-0.3, -0.25) is 0 Å². The molecule has 2 aliphatic rings. The fourth-order valence-electron chi connectivity index (χ4n) is 3.04. The van der Waals surface area contributed by atoms with E-state index in [1.54, 1.807) is 0 Å². The molecule has 1 nitrogen and oxygen atoms in total. The van der Waals surface area contributed by atoms with Gasteiger partial charge in [-0.05, 0) is 36.5 Å². The van der Waals surface area contributed by atoms with Crippen molar-refractivity contribution in [2.45, 2.75) is 64.9 Å². The van der Waals surface area contributed by atoms with E-state index in [2.05, 4.69) is 32.9 Å². The average Bonchev–Trinajstić information content (AvgIpc) is 2.58. The molecule has 1 atom stereocenters. The van der Waals surface area contributed by atoms with Crippen molar-refractivity contribution in [1.29, 1.82) is 0 Å². The Kier molecular flexibility index (Phi) is 2.50. The van der Waals surface area contributed by atoms with Gasteiger partial charge in [0.25, 0.3) is 0 Å². The van der Waals surface area contributed by atoms with Crippen LogP contribution in [0.15, 0.2) is 12.2 Å². The van der Waals surface area contributed by atoms with E-state index in [9.17, 15) is 5.11 Å². The summed E-state index contributed by atoms with van der Waals surface area (Å²) in [5.74, 6) is 0. The second-order valence-electron chi connectivity index (χ2n) is 6.58. The zero-order chi connectivity index (χ0) is 11.2. The van der Waals surface area contributed by atoms with E-state index >= 15 is 0 Å².